The molecule has 2 rings (SSSR count). The molecule has 0 radical (unpaired) electrons. The van der Waals surface area contributed by atoms with Crippen molar-refractivity contribution in [2.75, 3.05) is 26.3 Å². The first kappa shape index (κ1) is 11.1. The van der Waals surface area contributed by atoms with Gasteiger partial charge in [0.25, 0.3) is 0 Å². The minimum Gasteiger partial charge on any atom is -0.380 e. The van der Waals surface area contributed by atoms with Crippen LogP contribution >= 0.6 is 0 Å². The Kier molecular flexibility index (Phi) is 3.76. The average molecular weight is 211 g/mol. The fraction of sp³-hybridized carbons (Fsp3) is 0.917. The average Bonchev–Trinajstić information content (AvgIpc) is 2.69. The molecule has 0 aliphatic carbocycles. The summed E-state index contributed by atoms with van der Waals surface area (Å²) in [6.07, 6.45) is 4.43. The Morgan fingerprint density at radius 2 is 2.40 bits per heavy atom. The second-order valence-corrected chi connectivity index (χ2v) is 4.69. The number of ketones is 1. The highest BCUT2D eigenvalue weighted by Crippen LogP contribution is 2.22. The van der Waals surface area contributed by atoms with Gasteiger partial charge in [0.05, 0.1) is 19.1 Å². The van der Waals surface area contributed by atoms with E-state index in [-0.39, 0.29) is 5.92 Å². The fourth-order valence-electron chi connectivity index (χ4n) is 2.73. The van der Waals surface area contributed by atoms with Gasteiger partial charge in [-0.15, -0.1) is 0 Å². The van der Waals surface area contributed by atoms with Crippen molar-refractivity contribution in [3.8, 4) is 0 Å². The molecular weight excluding hydrogens is 190 g/mol. The maximum absolute atomic E-state index is 11.7. The van der Waals surface area contributed by atoms with Crippen molar-refractivity contribution >= 4 is 5.78 Å². The Morgan fingerprint density at radius 3 is 3.13 bits per heavy atom. The SMILES string of the molecule is CCC1CCCN1CC1COCCC1=O. The van der Waals surface area contributed by atoms with E-state index >= 15 is 0 Å². The molecule has 2 fully saturated rings. The molecule has 0 bridgehead atoms. The lowest BCUT2D eigenvalue weighted by molar-refractivity contribution is -0.131. The summed E-state index contributed by atoms with van der Waals surface area (Å²) in [7, 11) is 0. The summed E-state index contributed by atoms with van der Waals surface area (Å²) in [6, 6.07) is 0.708. The molecule has 2 saturated heterocycles. The molecule has 2 aliphatic heterocycles. The second-order valence-electron chi connectivity index (χ2n) is 4.69. The second kappa shape index (κ2) is 5.08. The quantitative estimate of drug-likeness (QED) is 0.708. The molecule has 0 aromatic heterocycles. The number of nitrogens with zero attached hydrogens (tertiary/aromatic N) is 1. The molecule has 2 atom stereocenters. The number of hydrogen-bond acceptors (Lipinski definition) is 3. The molecule has 0 spiro atoms. The van der Waals surface area contributed by atoms with Crippen LogP contribution in [0.1, 0.15) is 32.6 Å². The van der Waals surface area contributed by atoms with Crippen LogP contribution in [0.4, 0.5) is 0 Å². The first-order valence-corrected chi connectivity index (χ1v) is 6.15. The van der Waals surface area contributed by atoms with Crippen LogP contribution in [0.3, 0.4) is 0 Å². The van der Waals surface area contributed by atoms with Gasteiger partial charge in [-0.25, -0.2) is 0 Å². The van der Waals surface area contributed by atoms with E-state index in [1.807, 2.05) is 0 Å². The maximum atomic E-state index is 11.7. The third kappa shape index (κ3) is 2.58. The van der Waals surface area contributed by atoms with E-state index in [1.54, 1.807) is 0 Å². The molecule has 0 amide bonds. The van der Waals surface area contributed by atoms with Gasteiger partial charge in [-0.1, -0.05) is 6.92 Å². The molecule has 15 heavy (non-hydrogen) atoms. The molecule has 2 heterocycles. The zero-order valence-electron chi connectivity index (χ0n) is 9.58. The molecule has 2 unspecified atom stereocenters. The summed E-state index contributed by atoms with van der Waals surface area (Å²) in [4.78, 5) is 14.2. The third-order valence-electron chi connectivity index (χ3n) is 3.69. The fourth-order valence-corrected chi connectivity index (χ4v) is 2.73. The number of carbonyl (C=O) groups excluding carboxylic acids is 1. The predicted molar refractivity (Wildman–Crippen MR) is 58.8 cm³/mol. The molecule has 0 aromatic rings. The minimum atomic E-state index is 0.144. The lowest BCUT2D eigenvalue weighted by Crippen LogP contribution is -2.40. The van der Waals surface area contributed by atoms with E-state index in [4.69, 9.17) is 4.74 Å². The van der Waals surface area contributed by atoms with Gasteiger partial charge in [0, 0.05) is 19.0 Å². The Labute approximate surface area is 91.8 Å². The summed E-state index contributed by atoms with van der Waals surface area (Å²) >= 11 is 0. The Morgan fingerprint density at radius 1 is 1.53 bits per heavy atom. The summed E-state index contributed by atoms with van der Waals surface area (Å²) < 4.78 is 5.38. The van der Waals surface area contributed by atoms with Gasteiger partial charge >= 0.3 is 0 Å². The van der Waals surface area contributed by atoms with Gasteiger partial charge in [-0.3, -0.25) is 9.69 Å². The Bertz CT molecular complexity index is 230. The van der Waals surface area contributed by atoms with Gasteiger partial charge < -0.3 is 4.74 Å². The van der Waals surface area contributed by atoms with Crippen LogP contribution in [-0.2, 0) is 9.53 Å². The number of likely N-dealkylation sites (tertiary alicyclic amines) is 1. The predicted octanol–water partition coefficient (Wildman–Crippen LogP) is 1.47. The highest BCUT2D eigenvalue weighted by molar-refractivity contribution is 5.82. The minimum absolute atomic E-state index is 0.144. The van der Waals surface area contributed by atoms with E-state index in [2.05, 4.69) is 11.8 Å². The number of carbonyl (C=O) groups is 1. The molecule has 3 nitrogen and oxygen atoms in total. The maximum Gasteiger partial charge on any atom is 0.141 e. The van der Waals surface area contributed by atoms with Crippen LogP contribution < -0.4 is 0 Å². The normalized spacial score (nSPS) is 33.5. The Hall–Kier alpha value is -0.410. The highest BCUT2D eigenvalue weighted by Gasteiger charge is 2.29. The smallest absolute Gasteiger partial charge is 0.141 e. The number of rotatable bonds is 3. The van der Waals surface area contributed by atoms with Gasteiger partial charge in [-0.05, 0) is 25.8 Å². The van der Waals surface area contributed by atoms with E-state index < -0.39 is 0 Å². The number of hydrogen-bond donors (Lipinski definition) is 0. The van der Waals surface area contributed by atoms with Gasteiger partial charge in [-0.2, -0.15) is 0 Å². The molecular formula is C12H21NO2. The van der Waals surface area contributed by atoms with Crippen LogP contribution in [0.15, 0.2) is 0 Å². The van der Waals surface area contributed by atoms with Gasteiger partial charge in [0.15, 0.2) is 0 Å². The van der Waals surface area contributed by atoms with Crippen molar-refractivity contribution in [2.45, 2.75) is 38.6 Å². The number of ether oxygens (including phenoxy) is 1. The first-order valence-electron chi connectivity index (χ1n) is 6.15. The van der Waals surface area contributed by atoms with Crippen molar-refractivity contribution in [1.29, 1.82) is 0 Å². The lowest BCUT2D eigenvalue weighted by atomic mass is 9.99. The van der Waals surface area contributed by atoms with Crippen LogP contribution in [0.2, 0.25) is 0 Å². The molecule has 86 valence electrons. The van der Waals surface area contributed by atoms with Crippen molar-refractivity contribution in [2.24, 2.45) is 5.92 Å². The third-order valence-corrected chi connectivity index (χ3v) is 3.69. The molecule has 2 aliphatic rings. The standard InChI is InChI=1S/C12H21NO2/c1-2-11-4-3-6-13(11)8-10-9-15-7-5-12(10)14/h10-11H,2-9H2,1H3. The molecule has 0 saturated carbocycles. The highest BCUT2D eigenvalue weighted by atomic mass is 16.5. The van der Waals surface area contributed by atoms with Crippen molar-refractivity contribution in [3.63, 3.8) is 0 Å². The largest absolute Gasteiger partial charge is 0.380 e. The topological polar surface area (TPSA) is 29.5 Å². The van der Waals surface area contributed by atoms with Crippen molar-refractivity contribution in [3.05, 3.63) is 0 Å². The molecule has 0 N–H and O–H groups in total. The first-order chi connectivity index (χ1) is 7.31. The number of Topliss-reactive ketones (excluding diaryl/α,β-unsaturated/α-hetero) is 1. The van der Waals surface area contributed by atoms with E-state index in [9.17, 15) is 4.79 Å². The summed E-state index contributed by atoms with van der Waals surface area (Å²) in [5.41, 5.74) is 0. The van der Waals surface area contributed by atoms with Crippen molar-refractivity contribution < 1.29 is 9.53 Å². The van der Waals surface area contributed by atoms with Crippen LogP contribution in [0.5, 0.6) is 0 Å². The molecule has 0 aromatic carbocycles. The summed E-state index contributed by atoms with van der Waals surface area (Å²) in [5.74, 6) is 0.550. The van der Waals surface area contributed by atoms with Crippen LogP contribution in [0, 0.1) is 5.92 Å². The monoisotopic (exact) mass is 211 g/mol. The Balaban J connectivity index is 1.86. The van der Waals surface area contributed by atoms with Crippen LogP contribution in [-0.4, -0.2) is 43.0 Å². The zero-order chi connectivity index (χ0) is 10.7. The van der Waals surface area contributed by atoms with Gasteiger partial charge in [0.2, 0.25) is 0 Å². The summed E-state index contributed by atoms with van der Waals surface area (Å²) in [5, 5.41) is 0. The zero-order valence-corrected chi connectivity index (χ0v) is 9.58. The van der Waals surface area contributed by atoms with Gasteiger partial charge in [0.1, 0.15) is 5.78 Å². The van der Waals surface area contributed by atoms with E-state index in [0.717, 1.165) is 6.54 Å². The summed E-state index contributed by atoms with van der Waals surface area (Å²) in [6.45, 7) is 5.61. The van der Waals surface area contributed by atoms with Crippen LogP contribution in [0.25, 0.3) is 0 Å². The van der Waals surface area contributed by atoms with E-state index in [0.29, 0.717) is 31.5 Å². The van der Waals surface area contributed by atoms with E-state index in [1.165, 1.54) is 25.8 Å². The molecule has 3 heteroatoms. The lowest BCUT2D eigenvalue weighted by Gasteiger charge is -2.29. The van der Waals surface area contributed by atoms with Crippen molar-refractivity contribution in [1.82, 2.24) is 4.90 Å².